The van der Waals surface area contributed by atoms with Gasteiger partial charge in [0.15, 0.2) is 0 Å². The van der Waals surface area contributed by atoms with E-state index < -0.39 is 11.1 Å². The largest absolute Gasteiger partial charge is 0.345 e. The molecule has 0 fully saturated rings. The minimum atomic E-state index is -0.553. The molecule has 6 heteroatoms. The molecule has 0 bridgehead atoms. The molecule has 122 valence electrons. The van der Waals surface area contributed by atoms with Crippen molar-refractivity contribution in [1.29, 1.82) is 0 Å². The van der Waals surface area contributed by atoms with Crippen LogP contribution >= 0.6 is 0 Å². The van der Waals surface area contributed by atoms with Crippen LogP contribution in [0.4, 0.5) is 0 Å². The van der Waals surface area contributed by atoms with E-state index >= 15 is 0 Å². The molecule has 0 aliphatic carbocycles. The number of imidazole rings is 1. The van der Waals surface area contributed by atoms with Gasteiger partial charge in [0.25, 0.3) is 5.91 Å². The zero-order valence-electron chi connectivity index (χ0n) is 13.8. The van der Waals surface area contributed by atoms with E-state index in [2.05, 4.69) is 15.3 Å². The topological polar surface area (TPSA) is 81.2 Å². The van der Waals surface area contributed by atoms with Crippen LogP contribution in [0.3, 0.4) is 0 Å². The fourth-order valence-corrected chi connectivity index (χ4v) is 3.30. The highest BCUT2D eigenvalue weighted by Crippen LogP contribution is 2.34. The van der Waals surface area contributed by atoms with Crippen molar-refractivity contribution in [1.82, 2.24) is 20.3 Å². The Morgan fingerprint density at radius 2 is 2.09 bits per heavy atom. The lowest BCUT2D eigenvalue weighted by Gasteiger charge is -2.47. The fourth-order valence-electron chi connectivity index (χ4n) is 3.30. The molecule has 0 unspecified atom stereocenters. The van der Waals surface area contributed by atoms with Crippen molar-refractivity contribution in [2.75, 3.05) is 0 Å². The second kappa shape index (κ2) is 5.18. The molecule has 3 rings (SSSR count). The highest BCUT2D eigenvalue weighted by molar-refractivity contribution is 6.05. The molecule has 1 aliphatic heterocycles. The summed E-state index contributed by atoms with van der Waals surface area (Å²) in [5, 5.41) is 14.6. The number of nitrogens with zero attached hydrogens (tertiary/aromatic N) is 2. The van der Waals surface area contributed by atoms with Crippen LogP contribution in [0.2, 0.25) is 0 Å². The van der Waals surface area contributed by atoms with Crippen LogP contribution in [-0.2, 0) is 0 Å². The normalized spacial score (nSPS) is 20.3. The molecule has 1 aromatic heterocycles. The predicted octanol–water partition coefficient (Wildman–Crippen LogP) is 2.83. The number of para-hydroxylation sites is 1. The monoisotopic (exact) mass is 314 g/mol. The quantitative estimate of drug-likeness (QED) is 0.796. The summed E-state index contributed by atoms with van der Waals surface area (Å²) in [6.45, 7) is 7.72. The number of hydroxylamine groups is 2. The number of carbonyl (C=O) groups is 1. The van der Waals surface area contributed by atoms with Gasteiger partial charge in [-0.1, -0.05) is 6.07 Å². The van der Waals surface area contributed by atoms with Crippen molar-refractivity contribution in [2.45, 2.75) is 45.2 Å². The third-order valence-corrected chi connectivity index (χ3v) is 4.24. The molecule has 1 aliphatic rings. The number of amides is 1. The molecule has 1 aromatic carbocycles. The Morgan fingerprint density at radius 1 is 1.35 bits per heavy atom. The summed E-state index contributed by atoms with van der Waals surface area (Å²) in [4.78, 5) is 19.9. The van der Waals surface area contributed by atoms with Gasteiger partial charge in [-0.3, -0.25) is 4.79 Å². The molecule has 0 saturated carbocycles. The molecule has 0 atom stereocenters. The standard InChI is InChI=1S/C17H22N4O2/c1-16(2)8-11(9-17(3,4)21(16)23)20-15(22)12-6-5-7-13-14(12)19-10-18-13/h5-8,10,23H,9H2,1-4H3,(H,18,19)(H,20,22). The average molecular weight is 314 g/mol. The number of nitrogens with one attached hydrogen (secondary N) is 2. The van der Waals surface area contributed by atoms with Crippen LogP contribution in [0.25, 0.3) is 11.0 Å². The molecule has 0 saturated heterocycles. The van der Waals surface area contributed by atoms with E-state index in [-0.39, 0.29) is 5.91 Å². The molecule has 0 spiro atoms. The fraction of sp³-hybridized carbons (Fsp3) is 0.412. The van der Waals surface area contributed by atoms with Crippen molar-refractivity contribution < 1.29 is 10.0 Å². The Bertz CT molecular complexity index is 789. The third-order valence-electron chi connectivity index (χ3n) is 4.24. The third kappa shape index (κ3) is 2.75. The summed E-state index contributed by atoms with van der Waals surface area (Å²) in [5.41, 5.74) is 1.82. The zero-order chi connectivity index (χ0) is 16.8. The minimum Gasteiger partial charge on any atom is -0.345 e. The number of rotatable bonds is 2. The SMILES string of the molecule is CC1(C)C=C(NC(=O)c2cccc3[nH]cnc23)CC(C)(C)N1O. The number of aromatic nitrogens is 2. The minimum absolute atomic E-state index is 0.188. The number of carbonyl (C=O) groups excluding carboxylic acids is 1. The Kier molecular flexibility index (Phi) is 3.54. The summed E-state index contributed by atoms with van der Waals surface area (Å²) in [5.74, 6) is -0.188. The summed E-state index contributed by atoms with van der Waals surface area (Å²) in [6.07, 6.45) is 4.02. The van der Waals surface area contributed by atoms with E-state index in [1.54, 1.807) is 12.4 Å². The lowest BCUT2D eigenvalue weighted by atomic mass is 9.85. The molecule has 6 nitrogen and oxygen atoms in total. The molecule has 2 heterocycles. The highest BCUT2D eigenvalue weighted by Gasteiger charge is 2.41. The number of hydrogen-bond donors (Lipinski definition) is 3. The number of fused-ring (bicyclic) bond motifs is 1. The van der Waals surface area contributed by atoms with Gasteiger partial charge in [-0.15, -0.1) is 0 Å². The second-order valence-electron chi connectivity index (χ2n) is 7.18. The summed E-state index contributed by atoms with van der Waals surface area (Å²) in [7, 11) is 0. The van der Waals surface area contributed by atoms with Crippen molar-refractivity contribution in [2.24, 2.45) is 0 Å². The average Bonchev–Trinajstić information content (AvgIpc) is 2.92. The maximum atomic E-state index is 12.6. The second-order valence-corrected chi connectivity index (χ2v) is 7.18. The Labute approximate surface area is 135 Å². The van der Waals surface area contributed by atoms with Gasteiger partial charge in [0.2, 0.25) is 0 Å². The van der Waals surface area contributed by atoms with Crippen LogP contribution in [0.1, 0.15) is 44.5 Å². The molecule has 23 heavy (non-hydrogen) atoms. The Morgan fingerprint density at radius 3 is 2.78 bits per heavy atom. The summed E-state index contributed by atoms with van der Waals surface area (Å²) in [6, 6.07) is 5.47. The molecule has 3 N–H and O–H groups in total. The van der Waals surface area contributed by atoms with Gasteiger partial charge in [-0.25, -0.2) is 4.98 Å². The maximum absolute atomic E-state index is 12.6. The van der Waals surface area contributed by atoms with Crippen LogP contribution in [0.5, 0.6) is 0 Å². The summed E-state index contributed by atoms with van der Waals surface area (Å²) >= 11 is 0. The Hall–Kier alpha value is -2.18. The van der Waals surface area contributed by atoms with Gasteiger partial charge >= 0.3 is 0 Å². The predicted molar refractivity (Wildman–Crippen MR) is 88.0 cm³/mol. The van der Waals surface area contributed by atoms with Crippen LogP contribution in [0.15, 0.2) is 36.3 Å². The number of hydrogen-bond acceptors (Lipinski definition) is 4. The lowest BCUT2D eigenvalue weighted by molar-refractivity contribution is -0.214. The van der Waals surface area contributed by atoms with E-state index in [4.69, 9.17) is 0 Å². The van der Waals surface area contributed by atoms with E-state index in [1.807, 2.05) is 45.9 Å². The van der Waals surface area contributed by atoms with Crippen LogP contribution in [-0.4, -0.2) is 37.2 Å². The van der Waals surface area contributed by atoms with Crippen molar-refractivity contribution in [3.8, 4) is 0 Å². The first kappa shape index (κ1) is 15.7. The van der Waals surface area contributed by atoms with E-state index in [0.29, 0.717) is 17.5 Å². The van der Waals surface area contributed by atoms with Crippen LogP contribution in [0, 0.1) is 0 Å². The van der Waals surface area contributed by atoms with E-state index in [9.17, 15) is 10.0 Å². The van der Waals surface area contributed by atoms with Crippen molar-refractivity contribution in [3.63, 3.8) is 0 Å². The van der Waals surface area contributed by atoms with Gasteiger partial charge in [0, 0.05) is 17.7 Å². The smallest absolute Gasteiger partial charge is 0.257 e. The highest BCUT2D eigenvalue weighted by atomic mass is 16.5. The van der Waals surface area contributed by atoms with Crippen molar-refractivity contribution >= 4 is 16.9 Å². The first-order valence-corrected chi connectivity index (χ1v) is 7.65. The maximum Gasteiger partial charge on any atom is 0.257 e. The van der Waals surface area contributed by atoms with Crippen LogP contribution < -0.4 is 5.32 Å². The molecular weight excluding hydrogens is 292 g/mol. The van der Waals surface area contributed by atoms with Gasteiger partial charge < -0.3 is 15.5 Å². The lowest BCUT2D eigenvalue weighted by Crippen LogP contribution is -2.56. The first-order valence-electron chi connectivity index (χ1n) is 7.65. The zero-order valence-corrected chi connectivity index (χ0v) is 13.8. The summed E-state index contributed by atoms with van der Waals surface area (Å²) < 4.78 is 0. The molecular formula is C17H22N4O2. The van der Waals surface area contributed by atoms with Gasteiger partial charge in [-0.05, 0) is 45.9 Å². The number of aromatic amines is 1. The molecule has 1 amide bonds. The van der Waals surface area contributed by atoms with E-state index in [1.165, 1.54) is 5.06 Å². The van der Waals surface area contributed by atoms with Crippen molar-refractivity contribution in [3.05, 3.63) is 41.9 Å². The van der Waals surface area contributed by atoms with Gasteiger partial charge in [-0.2, -0.15) is 5.06 Å². The first-order chi connectivity index (χ1) is 10.7. The molecule has 0 radical (unpaired) electrons. The number of H-pyrrole nitrogens is 1. The van der Waals surface area contributed by atoms with Gasteiger partial charge in [0.05, 0.1) is 22.9 Å². The Balaban J connectivity index is 1.90. The van der Waals surface area contributed by atoms with Gasteiger partial charge in [0.1, 0.15) is 5.52 Å². The van der Waals surface area contributed by atoms with E-state index in [0.717, 1.165) is 11.2 Å². The number of benzene rings is 1. The molecule has 2 aromatic rings.